The fourth-order valence-corrected chi connectivity index (χ4v) is 2.64. The smallest absolute Gasteiger partial charge is 0.0740 e. The molecule has 3 nitrogen and oxygen atoms in total. The van der Waals surface area contributed by atoms with E-state index in [2.05, 4.69) is 11.8 Å². The topological polar surface area (TPSA) is 38.5 Å². The Balaban J connectivity index is 2.40. The van der Waals surface area contributed by atoms with Crippen LogP contribution in [0.15, 0.2) is 0 Å². The summed E-state index contributed by atoms with van der Waals surface area (Å²) in [5.74, 6) is 0.895. The molecule has 2 N–H and O–H groups in total. The van der Waals surface area contributed by atoms with Gasteiger partial charge in [0, 0.05) is 32.7 Å². The minimum absolute atomic E-state index is 0.622. The highest BCUT2D eigenvalue weighted by Crippen LogP contribution is 2.27. The highest BCUT2D eigenvalue weighted by Gasteiger charge is 2.23. The van der Waals surface area contributed by atoms with Gasteiger partial charge in [0.1, 0.15) is 0 Å². The lowest BCUT2D eigenvalue weighted by atomic mass is 9.86. The van der Waals surface area contributed by atoms with Crippen molar-refractivity contribution < 1.29 is 4.74 Å². The predicted octanol–water partition coefficient (Wildman–Crippen LogP) is 2.19. The van der Waals surface area contributed by atoms with Crippen LogP contribution in [0.3, 0.4) is 0 Å². The summed E-state index contributed by atoms with van der Waals surface area (Å²) in [5, 5.41) is 0. The van der Waals surface area contributed by atoms with E-state index in [0.717, 1.165) is 32.0 Å². The van der Waals surface area contributed by atoms with Crippen molar-refractivity contribution in [2.75, 3.05) is 26.8 Å². The summed E-state index contributed by atoms with van der Waals surface area (Å²) in [6, 6.07) is 0.704. The molecule has 0 atom stereocenters. The van der Waals surface area contributed by atoms with Gasteiger partial charge in [-0.3, -0.25) is 4.90 Å². The third-order valence-electron chi connectivity index (χ3n) is 3.73. The Hall–Kier alpha value is -0.190. The Bertz CT molecular complexity index is 227. The highest BCUT2D eigenvalue weighted by atomic mass is 32.1. The van der Waals surface area contributed by atoms with Crippen molar-refractivity contribution in [2.24, 2.45) is 11.7 Å². The van der Waals surface area contributed by atoms with E-state index in [1.165, 1.54) is 25.7 Å². The van der Waals surface area contributed by atoms with E-state index in [0.29, 0.717) is 11.0 Å². The van der Waals surface area contributed by atoms with Crippen LogP contribution in [0.2, 0.25) is 0 Å². The van der Waals surface area contributed by atoms with Crippen molar-refractivity contribution in [3.63, 3.8) is 0 Å². The molecule has 0 aromatic carbocycles. The highest BCUT2D eigenvalue weighted by molar-refractivity contribution is 7.80. The number of hydrogen-bond donors (Lipinski definition) is 1. The zero-order chi connectivity index (χ0) is 12.7. The summed E-state index contributed by atoms with van der Waals surface area (Å²) in [5.41, 5.74) is 5.59. The molecule has 0 aliphatic heterocycles. The van der Waals surface area contributed by atoms with Crippen LogP contribution < -0.4 is 5.73 Å². The number of ether oxygens (including phenoxy) is 1. The number of nitrogens with two attached hydrogens (primary N) is 1. The molecule has 17 heavy (non-hydrogen) atoms. The van der Waals surface area contributed by atoms with Crippen LogP contribution in [0.4, 0.5) is 0 Å². The van der Waals surface area contributed by atoms with E-state index in [1.54, 1.807) is 7.11 Å². The van der Waals surface area contributed by atoms with Gasteiger partial charge in [-0.15, -0.1) is 0 Å². The van der Waals surface area contributed by atoms with Gasteiger partial charge < -0.3 is 10.5 Å². The number of hydrogen-bond acceptors (Lipinski definition) is 3. The largest absolute Gasteiger partial charge is 0.393 e. The van der Waals surface area contributed by atoms with Gasteiger partial charge in [-0.2, -0.15) is 0 Å². The lowest BCUT2D eigenvalue weighted by Crippen LogP contribution is -2.41. The van der Waals surface area contributed by atoms with Crippen molar-refractivity contribution in [3.8, 4) is 0 Å². The first-order valence-corrected chi connectivity index (χ1v) is 7.05. The molecule has 100 valence electrons. The maximum atomic E-state index is 5.59. The van der Waals surface area contributed by atoms with Gasteiger partial charge in [0.2, 0.25) is 0 Å². The van der Waals surface area contributed by atoms with Crippen LogP contribution in [0, 0.1) is 5.92 Å². The second kappa shape index (κ2) is 8.01. The minimum atomic E-state index is 0.622. The predicted molar refractivity (Wildman–Crippen MR) is 76.3 cm³/mol. The SMILES string of the molecule is COCCN(CCC(N)=S)C1CCC(C)CC1. The molecule has 4 heteroatoms. The van der Waals surface area contributed by atoms with Crippen LogP contribution in [-0.2, 0) is 4.74 Å². The lowest BCUT2D eigenvalue weighted by Gasteiger charge is -2.36. The fraction of sp³-hybridized carbons (Fsp3) is 0.923. The first-order valence-electron chi connectivity index (χ1n) is 6.64. The zero-order valence-electron chi connectivity index (χ0n) is 11.2. The summed E-state index contributed by atoms with van der Waals surface area (Å²) in [7, 11) is 1.76. The fourth-order valence-electron chi connectivity index (χ4n) is 2.55. The summed E-state index contributed by atoms with van der Waals surface area (Å²) >= 11 is 4.97. The molecule has 0 saturated heterocycles. The molecule has 0 heterocycles. The molecule has 0 aromatic heterocycles. The number of methoxy groups -OCH3 is 1. The Morgan fingerprint density at radius 1 is 1.29 bits per heavy atom. The molecule has 0 amide bonds. The monoisotopic (exact) mass is 258 g/mol. The molecule has 0 spiro atoms. The normalized spacial score (nSPS) is 25.1. The average Bonchev–Trinajstić information content (AvgIpc) is 2.30. The molecule has 0 unspecified atom stereocenters. The molecule has 0 bridgehead atoms. The number of rotatable bonds is 7. The number of thiocarbonyl (C=S) groups is 1. The Morgan fingerprint density at radius 3 is 2.47 bits per heavy atom. The molecule has 1 aliphatic rings. The van der Waals surface area contributed by atoms with Crippen LogP contribution in [-0.4, -0.2) is 42.7 Å². The standard InChI is InChI=1S/C13H26N2OS/c1-11-3-5-12(6-4-11)15(9-10-16-2)8-7-13(14)17/h11-12H,3-10H2,1-2H3,(H2,14,17). The van der Waals surface area contributed by atoms with Gasteiger partial charge in [0.05, 0.1) is 11.6 Å². The average molecular weight is 258 g/mol. The summed E-state index contributed by atoms with van der Waals surface area (Å²) < 4.78 is 5.19. The molecule has 1 fully saturated rings. The van der Waals surface area contributed by atoms with Gasteiger partial charge in [0.25, 0.3) is 0 Å². The molecule has 0 radical (unpaired) electrons. The van der Waals surface area contributed by atoms with Gasteiger partial charge in [-0.1, -0.05) is 19.1 Å². The van der Waals surface area contributed by atoms with Crippen LogP contribution in [0.25, 0.3) is 0 Å². The molecular formula is C13H26N2OS. The molecule has 0 aromatic rings. The second-order valence-corrected chi connectivity index (χ2v) is 5.68. The minimum Gasteiger partial charge on any atom is -0.393 e. The van der Waals surface area contributed by atoms with Crippen molar-refractivity contribution >= 4 is 17.2 Å². The van der Waals surface area contributed by atoms with Crippen LogP contribution >= 0.6 is 12.2 Å². The maximum Gasteiger partial charge on any atom is 0.0740 e. The number of nitrogens with zero attached hydrogens (tertiary/aromatic N) is 1. The maximum absolute atomic E-state index is 5.59. The van der Waals surface area contributed by atoms with E-state index in [4.69, 9.17) is 22.7 Å². The first kappa shape index (κ1) is 14.9. The van der Waals surface area contributed by atoms with E-state index < -0.39 is 0 Å². The quantitative estimate of drug-likeness (QED) is 0.711. The van der Waals surface area contributed by atoms with Crippen LogP contribution in [0.1, 0.15) is 39.0 Å². The van der Waals surface area contributed by atoms with Crippen LogP contribution in [0.5, 0.6) is 0 Å². The summed E-state index contributed by atoms with van der Waals surface area (Å²) in [4.78, 5) is 3.13. The Labute approximate surface area is 111 Å². The van der Waals surface area contributed by atoms with E-state index >= 15 is 0 Å². The molecule has 1 rings (SSSR count). The van der Waals surface area contributed by atoms with Gasteiger partial charge in [-0.05, 0) is 31.6 Å². The molecule has 1 saturated carbocycles. The lowest BCUT2D eigenvalue weighted by molar-refractivity contribution is 0.0968. The second-order valence-electron chi connectivity index (χ2n) is 5.16. The van der Waals surface area contributed by atoms with E-state index in [1.807, 2.05) is 0 Å². The molecular weight excluding hydrogens is 232 g/mol. The van der Waals surface area contributed by atoms with Gasteiger partial charge >= 0.3 is 0 Å². The summed E-state index contributed by atoms with van der Waals surface area (Å²) in [6.45, 7) is 5.13. The third kappa shape index (κ3) is 5.80. The van der Waals surface area contributed by atoms with Crippen molar-refractivity contribution in [3.05, 3.63) is 0 Å². The third-order valence-corrected chi connectivity index (χ3v) is 3.93. The van der Waals surface area contributed by atoms with E-state index in [-0.39, 0.29) is 0 Å². The van der Waals surface area contributed by atoms with Crippen molar-refractivity contribution in [2.45, 2.75) is 45.1 Å². The Morgan fingerprint density at radius 2 is 1.94 bits per heavy atom. The molecule has 1 aliphatic carbocycles. The zero-order valence-corrected chi connectivity index (χ0v) is 12.0. The van der Waals surface area contributed by atoms with Crippen molar-refractivity contribution in [1.29, 1.82) is 0 Å². The summed E-state index contributed by atoms with van der Waals surface area (Å²) in [6.07, 6.45) is 6.14. The van der Waals surface area contributed by atoms with E-state index in [9.17, 15) is 0 Å². The Kier molecular flexibility index (Phi) is 7.00. The first-order chi connectivity index (χ1) is 8.13. The van der Waals surface area contributed by atoms with Crippen molar-refractivity contribution in [1.82, 2.24) is 4.90 Å². The van der Waals surface area contributed by atoms with Gasteiger partial charge in [-0.25, -0.2) is 0 Å². The van der Waals surface area contributed by atoms with Gasteiger partial charge in [0.15, 0.2) is 0 Å².